The Morgan fingerprint density at radius 2 is 2.17 bits per heavy atom. The molecule has 2 N–H and O–H groups in total. The van der Waals surface area contributed by atoms with Gasteiger partial charge in [-0.05, 0) is 27.3 Å². The minimum atomic E-state index is -1.07. The second kappa shape index (κ2) is 9.34. The van der Waals surface area contributed by atoms with Crippen molar-refractivity contribution < 1.29 is 24.2 Å². The van der Waals surface area contributed by atoms with Crippen LogP contribution in [0.15, 0.2) is 0 Å². The quantitative estimate of drug-likeness (QED) is 0.719. The summed E-state index contributed by atoms with van der Waals surface area (Å²) in [6.07, 6.45) is -0.610. The van der Waals surface area contributed by atoms with E-state index in [4.69, 9.17) is 9.47 Å². The SMILES string of the molecule is CCN1CCOC(CSCC(NC(=O)OC(C)(C)C)C(=O)O)C1. The van der Waals surface area contributed by atoms with Crippen LogP contribution in [-0.4, -0.2) is 77.6 Å². The van der Waals surface area contributed by atoms with Crippen LogP contribution in [0, 0.1) is 0 Å². The number of carbonyl (C=O) groups excluding carboxylic acids is 1. The highest BCUT2D eigenvalue weighted by atomic mass is 32.2. The van der Waals surface area contributed by atoms with Crippen molar-refractivity contribution in [1.29, 1.82) is 0 Å². The maximum Gasteiger partial charge on any atom is 0.408 e. The molecular formula is C15H28N2O5S. The summed E-state index contributed by atoms with van der Waals surface area (Å²) in [4.78, 5) is 25.2. The number of nitrogens with zero attached hydrogens (tertiary/aromatic N) is 1. The van der Waals surface area contributed by atoms with E-state index in [9.17, 15) is 14.7 Å². The van der Waals surface area contributed by atoms with Crippen molar-refractivity contribution in [3.05, 3.63) is 0 Å². The average molecular weight is 348 g/mol. The third kappa shape index (κ3) is 8.43. The Morgan fingerprint density at radius 1 is 1.48 bits per heavy atom. The predicted molar refractivity (Wildman–Crippen MR) is 90.0 cm³/mol. The van der Waals surface area contributed by atoms with Crippen LogP contribution in [-0.2, 0) is 14.3 Å². The lowest BCUT2D eigenvalue weighted by atomic mass is 10.2. The summed E-state index contributed by atoms with van der Waals surface area (Å²) in [5.41, 5.74) is -0.653. The number of nitrogens with one attached hydrogen (secondary N) is 1. The van der Waals surface area contributed by atoms with Crippen LogP contribution in [0.2, 0.25) is 0 Å². The molecule has 0 bridgehead atoms. The lowest BCUT2D eigenvalue weighted by Crippen LogP contribution is -2.46. The number of amides is 1. The highest BCUT2D eigenvalue weighted by Crippen LogP contribution is 2.13. The number of carboxylic acids is 1. The van der Waals surface area contributed by atoms with Crippen LogP contribution < -0.4 is 5.32 Å². The summed E-state index contributed by atoms with van der Waals surface area (Å²) in [6, 6.07) is -0.972. The molecule has 1 aliphatic rings. The number of hydrogen-bond donors (Lipinski definition) is 2. The molecule has 0 saturated carbocycles. The van der Waals surface area contributed by atoms with Crippen molar-refractivity contribution in [1.82, 2.24) is 10.2 Å². The fraction of sp³-hybridized carbons (Fsp3) is 0.867. The van der Waals surface area contributed by atoms with Crippen molar-refractivity contribution in [3.8, 4) is 0 Å². The molecule has 0 aromatic carbocycles. The predicted octanol–water partition coefficient (Wildman–Crippen LogP) is 1.42. The van der Waals surface area contributed by atoms with E-state index in [1.54, 1.807) is 20.8 Å². The van der Waals surface area contributed by atoms with Gasteiger partial charge in [-0.2, -0.15) is 11.8 Å². The molecular weight excluding hydrogens is 320 g/mol. The Labute approximate surface area is 142 Å². The van der Waals surface area contributed by atoms with Gasteiger partial charge in [0.25, 0.3) is 0 Å². The summed E-state index contributed by atoms with van der Waals surface area (Å²) >= 11 is 1.47. The number of likely N-dealkylation sites (N-methyl/N-ethyl adjacent to an activating group) is 1. The summed E-state index contributed by atoms with van der Waals surface area (Å²) in [7, 11) is 0. The normalized spacial score (nSPS) is 20.8. The smallest absolute Gasteiger partial charge is 0.408 e. The fourth-order valence-corrected chi connectivity index (χ4v) is 3.17. The summed E-state index contributed by atoms with van der Waals surface area (Å²) in [5, 5.41) is 11.6. The van der Waals surface area contributed by atoms with Gasteiger partial charge in [0.2, 0.25) is 0 Å². The second-order valence-electron chi connectivity index (χ2n) is 6.46. The standard InChI is InChI=1S/C15H28N2O5S/c1-5-17-6-7-21-11(8-17)9-23-10-12(13(18)19)16-14(20)22-15(2,3)4/h11-12H,5-10H2,1-4H3,(H,16,20)(H,18,19). The molecule has 2 unspecified atom stereocenters. The van der Waals surface area contributed by atoms with Crippen LogP contribution in [0.3, 0.4) is 0 Å². The minimum Gasteiger partial charge on any atom is -0.480 e. The number of carboxylic acid groups (broad SMARTS) is 1. The zero-order valence-electron chi connectivity index (χ0n) is 14.3. The minimum absolute atomic E-state index is 0.102. The van der Waals surface area contributed by atoms with Gasteiger partial charge in [0.15, 0.2) is 0 Å². The molecule has 8 heteroatoms. The van der Waals surface area contributed by atoms with Crippen LogP contribution >= 0.6 is 11.8 Å². The Bertz CT molecular complexity index is 400. The Hall–Kier alpha value is -0.990. The molecule has 2 atom stereocenters. The molecule has 1 amide bonds. The van der Waals surface area contributed by atoms with Gasteiger partial charge in [-0.25, -0.2) is 9.59 Å². The van der Waals surface area contributed by atoms with Crippen LogP contribution in [0.25, 0.3) is 0 Å². The molecule has 0 aliphatic carbocycles. The van der Waals surface area contributed by atoms with Gasteiger partial charge in [0, 0.05) is 24.6 Å². The van der Waals surface area contributed by atoms with Crippen molar-refractivity contribution in [2.24, 2.45) is 0 Å². The molecule has 1 rings (SSSR count). The third-order valence-electron chi connectivity index (χ3n) is 3.25. The van der Waals surface area contributed by atoms with E-state index in [0.717, 1.165) is 19.6 Å². The second-order valence-corrected chi connectivity index (χ2v) is 7.54. The molecule has 0 aromatic heterocycles. The van der Waals surface area contributed by atoms with Gasteiger partial charge in [-0.1, -0.05) is 6.92 Å². The van der Waals surface area contributed by atoms with Crippen LogP contribution in [0.5, 0.6) is 0 Å². The van der Waals surface area contributed by atoms with Gasteiger partial charge >= 0.3 is 12.1 Å². The molecule has 1 aliphatic heterocycles. The Morgan fingerprint density at radius 3 is 2.74 bits per heavy atom. The number of alkyl carbamates (subject to hydrolysis) is 1. The first-order valence-electron chi connectivity index (χ1n) is 7.85. The van der Waals surface area contributed by atoms with Crippen LogP contribution in [0.1, 0.15) is 27.7 Å². The first-order chi connectivity index (χ1) is 10.7. The van der Waals surface area contributed by atoms with Gasteiger partial charge in [-0.3, -0.25) is 4.90 Å². The number of carbonyl (C=O) groups is 2. The summed E-state index contributed by atoms with van der Waals surface area (Å²) < 4.78 is 10.8. The topological polar surface area (TPSA) is 88.1 Å². The number of hydrogen-bond acceptors (Lipinski definition) is 6. The molecule has 1 saturated heterocycles. The number of thioether (sulfide) groups is 1. The molecule has 0 aromatic rings. The molecule has 1 fully saturated rings. The van der Waals surface area contributed by atoms with E-state index < -0.39 is 23.7 Å². The van der Waals surface area contributed by atoms with E-state index in [1.165, 1.54) is 11.8 Å². The average Bonchev–Trinajstić information content (AvgIpc) is 2.44. The highest BCUT2D eigenvalue weighted by Gasteiger charge is 2.25. The number of rotatable bonds is 7. The summed E-state index contributed by atoms with van der Waals surface area (Å²) in [5.74, 6) is -0.0836. The Balaban J connectivity index is 2.36. The summed E-state index contributed by atoms with van der Waals surface area (Å²) in [6.45, 7) is 10.8. The number of morpholine rings is 1. The molecule has 23 heavy (non-hydrogen) atoms. The van der Waals surface area contributed by atoms with Crippen molar-refractivity contribution >= 4 is 23.8 Å². The van der Waals surface area contributed by atoms with Gasteiger partial charge in [0.1, 0.15) is 11.6 Å². The van der Waals surface area contributed by atoms with E-state index in [-0.39, 0.29) is 11.9 Å². The van der Waals surface area contributed by atoms with E-state index in [0.29, 0.717) is 12.4 Å². The van der Waals surface area contributed by atoms with Crippen LogP contribution in [0.4, 0.5) is 4.79 Å². The maximum atomic E-state index is 11.7. The van der Waals surface area contributed by atoms with Crippen molar-refractivity contribution in [2.75, 3.05) is 37.7 Å². The van der Waals surface area contributed by atoms with Gasteiger partial charge in [-0.15, -0.1) is 0 Å². The van der Waals surface area contributed by atoms with E-state index in [2.05, 4.69) is 17.1 Å². The Kier molecular flexibility index (Phi) is 8.15. The zero-order chi connectivity index (χ0) is 17.5. The largest absolute Gasteiger partial charge is 0.480 e. The number of aliphatic carboxylic acids is 1. The molecule has 0 spiro atoms. The first kappa shape index (κ1) is 20.1. The zero-order valence-corrected chi connectivity index (χ0v) is 15.1. The maximum absolute atomic E-state index is 11.7. The van der Waals surface area contributed by atoms with Crippen molar-refractivity contribution in [3.63, 3.8) is 0 Å². The first-order valence-corrected chi connectivity index (χ1v) is 9.00. The molecule has 0 radical (unpaired) electrons. The van der Waals surface area contributed by atoms with Crippen molar-refractivity contribution in [2.45, 2.75) is 45.4 Å². The van der Waals surface area contributed by atoms with Gasteiger partial charge < -0.3 is 19.9 Å². The van der Waals surface area contributed by atoms with E-state index >= 15 is 0 Å². The highest BCUT2D eigenvalue weighted by molar-refractivity contribution is 7.99. The fourth-order valence-electron chi connectivity index (χ4n) is 2.11. The molecule has 134 valence electrons. The lowest BCUT2D eigenvalue weighted by Gasteiger charge is -2.32. The monoisotopic (exact) mass is 348 g/mol. The third-order valence-corrected chi connectivity index (χ3v) is 4.42. The molecule has 1 heterocycles. The van der Waals surface area contributed by atoms with Gasteiger partial charge in [0.05, 0.1) is 12.7 Å². The number of ether oxygens (including phenoxy) is 2. The lowest BCUT2D eigenvalue weighted by molar-refractivity contribution is -0.138. The molecule has 7 nitrogen and oxygen atoms in total. The van der Waals surface area contributed by atoms with E-state index in [1.807, 2.05) is 0 Å².